The van der Waals surface area contributed by atoms with Crippen molar-refractivity contribution in [2.75, 3.05) is 19.3 Å². The van der Waals surface area contributed by atoms with Gasteiger partial charge in [0.15, 0.2) is 0 Å². The lowest BCUT2D eigenvalue weighted by Crippen LogP contribution is -2.36. The predicted octanol–water partition coefficient (Wildman–Crippen LogP) is 0.575. The number of aromatic hydroxyl groups is 1. The van der Waals surface area contributed by atoms with E-state index in [0.717, 1.165) is 5.75 Å². The van der Waals surface area contributed by atoms with Gasteiger partial charge in [-0.15, -0.1) is 0 Å². The topological polar surface area (TPSA) is 89.8 Å². The SMILES string of the molecule is CN=C(NO)NCCSCc1ncccc1O. The lowest BCUT2D eigenvalue weighted by molar-refractivity contribution is 0.229. The highest BCUT2D eigenvalue weighted by atomic mass is 32.2. The zero-order valence-electron chi connectivity index (χ0n) is 9.55. The van der Waals surface area contributed by atoms with E-state index >= 15 is 0 Å². The Morgan fingerprint density at radius 3 is 3.06 bits per heavy atom. The Balaban J connectivity index is 2.19. The van der Waals surface area contributed by atoms with Crippen molar-refractivity contribution in [2.24, 2.45) is 4.99 Å². The second kappa shape index (κ2) is 7.75. The van der Waals surface area contributed by atoms with Crippen molar-refractivity contribution in [3.63, 3.8) is 0 Å². The standard InChI is InChI=1S/C10H16N4O2S/c1-11-10(14-16)13-5-6-17-7-8-9(15)3-2-4-12-8/h2-4,15-16H,5-7H2,1H3,(H2,11,13,14). The van der Waals surface area contributed by atoms with Crippen LogP contribution in [0.5, 0.6) is 5.75 Å². The van der Waals surface area contributed by atoms with Crippen LogP contribution in [-0.4, -0.2) is 40.6 Å². The molecule has 0 atom stereocenters. The molecule has 0 aliphatic rings. The summed E-state index contributed by atoms with van der Waals surface area (Å²) in [6.07, 6.45) is 1.66. The average molecular weight is 256 g/mol. The summed E-state index contributed by atoms with van der Waals surface area (Å²) in [6, 6.07) is 3.32. The Hall–Kier alpha value is -1.47. The van der Waals surface area contributed by atoms with Gasteiger partial charge in [-0.25, -0.2) is 5.48 Å². The van der Waals surface area contributed by atoms with Crippen LogP contribution in [0.3, 0.4) is 0 Å². The van der Waals surface area contributed by atoms with Gasteiger partial charge in [0.25, 0.3) is 0 Å². The molecule has 0 aliphatic carbocycles. The molecule has 4 N–H and O–H groups in total. The number of pyridine rings is 1. The maximum atomic E-state index is 9.48. The molecule has 0 bridgehead atoms. The number of guanidine groups is 1. The van der Waals surface area contributed by atoms with Crippen LogP contribution in [0.15, 0.2) is 23.3 Å². The molecule has 0 radical (unpaired) electrons. The van der Waals surface area contributed by atoms with E-state index < -0.39 is 0 Å². The van der Waals surface area contributed by atoms with Crippen LogP contribution < -0.4 is 10.8 Å². The van der Waals surface area contributed by atoms with Crippen LogP contribution in [0, 0.1) is 0 Å². The Bertz CT molecular complexity index is 373. The van der Waals surface area contributed by atoms with Gasteiger partial charge in [0.1, 0.15) is 5.75 Å². The molecule has 0 aliphatic heterocycles. The molecule has 7 heteroatoms. The fourth-order valence-electron chi connectivity index (χ4n) is 1.12. The number of thioether (sulfide) groups is 1. The summed E-state index contributed by atoms with van der Waals surface area (Å²) < 4.78 is 0. The molecule has 6 nitrogen and oxygen atoms in total. The number of aromatic nitrogens is 1. The molecule has 94 valence electrons. The number of hydroxylamine groups is 1. The molecule has 0 spiro atoms. The molecule has 1 aromatic rings. The Morgan fingerprint density at radius 2 is 2.41 bits per heavy atom. The number of hydrogen-bond donors (Lipinski definition) is 4. The van der Waals surface area contributed by atoms with Gasteiger partial charge in [-0.1, -0.05) is 0 Å². The van der Waals surface area contributed by atoms with Gasteiger partial charge in [0, 0.05) is 31.3 Å². The molecule has 0 fully saturated rings. The van der Waals surface area contributed by atoms with Gasteiger partial charge in [-0.3, -0.25) is 15.2 Å². The van der Waals surface area contributed by atoms with Crippen LogP contribution in [0.2, 0.25) is 0 Å². The van der Waals surface area contributed by atoms with Crippen LogP contribution in [0.25, 0.3) is 0 Å². The van der Waals surface area contributed by atoms with Gasteiger partial charge < -0.3 is 10.4 Å². The van der Waals surface area contributed by atoms with Gasteiger partial charge in [0.05, 0.1) is 5.69 Å². The first-order valence-electron chi connectivity index (χ1n) is 5.09. The smallest absolute Gasteiger partial charge is 0.215 e. The third-order valence-electron chi connectivity index (χ3n) is 1.97. The van der Waals surface area contributed by atoms with Crippen molar-refractivity contribution in [3.05, 3.63) is 24.0 Å². The maximum absolute atomic E-state index is 9.48. The molecule has 17 heavy (non-hydrogen) atoms. The highest BCUT2D eigenvalue weighted by molar-refractivity contribution is 7.98. The van der Waals surface area contributed by atoms with Gasteiger partial charge in [0.2, 0.25) is 5.96 Å². The third kappa shape index (κ3) is 4.92. The first kappa shape index (κ1) is 13.6. The van der Waals surface area contributed by atoms with Crippen molar-refractivity contribution >= 4 is 17.7 Å². The first-order chi connectivity index (χ1) is 8.27. The van der Waals surface area contributed by atoms with E-state index in [0.29, 0.717) is 24.0 Å². The average Bonchev–Trinajstić information content (AvgIpc) is 2.36. The monoisotopic (exact) mass is 256 g/mol. The lowest BCUT2D eigenvalue weighted by atomic mass is 10.3. The molecule has 0 amide bonds. The summed E-state index contributed by atoms with van der Waals surface area (Å²) in [5.41, 5.74) is 2.63. The zero-order chi connectivity index (χ0) is 12.5. The van der Waals surface area contributed by atoms with Crippen LogP contribution in [0.1, 0.15) is 5.69 Å². The normalized spacial score (nSPS) is 11.3. The third-order valence-corrected chi connectivity index (χ3v) is 2.94. The van der Waals surface area contributed by atoms with Crippen molar-refractivity contribution in [1.29, 1.82) is 0 Å². The summed E-state index contributed by atoms with van der Waals surface area (Å²) in [5, 5.41) is 21.0. The molecular formula is C10H16N4O2S. The first-order valence-corrected chi connectivity index (χ1v) is 6.24. The number of nitrogens with zero attached hydrogens (tertiary/aromatic N) is 2. The Labute approximate surface area is 104 Å². The van der Waals surface area contributed by atoms with Crippen molar-refractivity contribution < 1.29 is 10.3 Å². The number of aliphatic imine (C=N–C) groups is 1. The minimum absolute atomic E-state index is 0.223. The summed E-state index contributed by atoms with van der Waals surface area (Å²) in [6.45, 7) is 0.665. The fourth-order valence-corrected chi connectivity index (χ4v) is 1.93. The number of rotatable bonds is 5. The Morgan fingerprint density at radius 1 is 1.59 bits per heavy atom. The van der Waals surface area contributed by atoms with E-state index in [2.05, 4.69) is 15.3 Å². The van der Waals surface area contributed by atoms with Gasteiger partial charge in [-0.05, 0) is 12.1 Å². The molecule has 0 saturated carbocycles. The van der Waals surface area contributed by atoms with Gasteiger partial charge >= 0.3 is 0 Å². The largest absolute Gasteiger partial charge is 0.506 e. The lowest BCUT2D eigenvalue weighted by Gasteiger charge is -2.07. The summed E-state index contributed by atoms with van der Waals surface area (Å²) in [5.74, 6) is 2.03. The van der Waals surface area contributed by atoms with Crippen molar-refractivity contribution in [1.82, 2.24) is 15.8 Å². The summed E-state index contributed by atoms with van der Waals surface area (Å²) in [4.78, 5) is 7.84. The van der Waals surface area contributed by atoms with E-state index in [-0.39, 0.29) is 5.75 Å². The fraction of sp³-hybridized carbons (Fsp3) is 0.400. The van der Waals surface area contributed by atoms with E-state index in [1.807, 2.05) is 5.48 Å². The molecule has 1 rings (SSSR count). The second-order valence-electron chi connectivity index (χ2n) is 3.13. The quantitative estimate of drug-likeness (QED) is 0.267. The molecule has 0 aromatic carbocycles. The number of nitrogens with one attached hydrogen (secondary N) is 2. The molecule has 1 heterocycles. The predicted molar refractivity (Wildman–Crippen MR) is 68.3 cm³/mol. The van der Waals surface area contributed by atoms with Crippen LogP contribution in [0.4, 0.5) is 0 Å². The van der Waals surface area contributed by atoms with E-state index in [9.17, 15) is 5.11 Å². The minimum Gasteiger partial charge on any atom is -0.506 e. The number of hydrogen-bond acceptors (Lipinski definition) is 5. The van der Waals surface area contributed by atoms with Crippen LogP contribution in [-0.2, 0) is 5.75 Å². The second-order valence-corrected chi connectivity index (χ2v) is 4.24. The molecule has 0 unspecified atom stereocenters. The molecular weight excluding hydrogens is 240 g/mol. The van der Waals surface area contributed by atoms with Gasteiger partial charge in [-0.2, -0.15) is 11.8 Å². The van der Waals surface area contributed by atoms with Crippen molar-refractivity contribution in [2.45, 2.75) is 5.75 Å². The van der Waals surface area contributed by atoms with E-state index in [1.54, 1.807) is 37.1 Å². The summed E-state index contributed by atoms with van der Waals surface area (Å²) >= 11 is 1.63. The Kier molecular flexibility index (Phi) is 6.19. The van der Waals surface area contributed by atoms with Crippen LogP contribution >= 0.6 is 11.8 Å². The molecule has 0 saturated heterocycles. The zero-order valence-corrected chi connectivity index (χ0v) is 10.4. The maximum Gasteiger partial charge on any atom is 0.215 e. The van der Waals surface area contributed by atoms with E-state index in [1.165, 1.54) is 0 Å². The highest BCUT2D eigenvalue weighted by Gasteiger charge is 2.01. The van der Waals surface area contributed by atoms with E-state index in [4.69, 9.17) is 5.21 Å². The molecule has 1 aromatic heterocycles. The van der Waals surface area contributed by atoms with Crippen molar-refractivity contribution in [3.8, 4) is 5.75 Å². The summed E-state index contributed by atoms with van der Waals surface area (Å²) in [7, 11) is 1.57. The minimum atomic E-state index is 0.223. The highest BCUT2D eigenvalue weighted by Crippen LogP contribution is 2.18.